The first-order valence-electron chi connectivity index (χ1n) is 21.5. The molecule has 0 amide bonds. The molecule has 16 nitrogen and oxygen atoms in total. The van der Waals surface area contributed by atoms with Gasteiger partial charge in [0, 0.05) is 49.5 Å². The summed E-state index contributed by atoms with van der Waals surface area (Å²) in [5.41, 5.74) is 2.85. The monoisotopic (exact) mass is 1020 g/mol. The average molecular weight is 1020 g/mol. The highest BCUT2D eigenvalue weighted by Crippen LogP contribution is 2.26. The lowest BCUT2D eigenvalue weighted by Gasteiger charge is -2.18. The van der Waals surface area contributed by atoms with E-state index in [0.29, 0.717) is 54.7 Å². The average Bonchev–Trinajstić information content (AvgIpc) is 4.14. The summed E-state index contributed by atoms with van der Waals surface area (Å²) in [5, 5.41) is 20.6. The van der Waals surface area contributed by atoms with Crippen molar-refractivity contribution in [3.8, 4) is 34.3 Å². The van der Waals surface area contributed by atoms with E-state index in [9.17, 15) is 44.7 Å². The second-order valence-electron chi connectivity index (χ2n) is 14.3. The Hall–Kier alpha value is -8.57. The van der Waals surface area contributed by atoms with E-state index in [-0.39, 0.29) is 36.8 Å². The number of esters is 2. The summed E-state index contributed by atoms with van der Waals surface area (Å²) < 4.78 is 116. The van der Waals surface area contributed by atoms with Crippen LogP contribution in [0.15, 0.2) is 138 Å². The topological polar surface area (TPSA) is 207 Å². The number of carbonyl (C=O) groups is 2. The number of carbonyl (C=O) groups excluding carboxylic acids is 2. The smallest absolute Gasteiger partial charge is 0.381 e. The molecule has 24 heteroatoms. The van der Waals surface area contributed by atoms with Gasteiger partial charge in [-0.15, -0.1) is 20.4 Å². The van der Waals surface area contributed by atoms with Gasteiger partial charge in [0.05, 0.1) is 24.3 Å². The molecule has 4 aromatic heterocycles. The molecular weight excluding hydrogens is 977 g/mol. The zero-order chi connectivity index (χ0) is 51.8. The van der Waals surface area contributed by atoms with Gasteiger partial charge in [-0.3, -0.25) is 0 Å². The number of aromatic nitrogens is 10. The van der Waals surface area contributed by atoms with E-state index in [4.69, 9.17) is 13.9 Å². The predicted molar refractivity (Wildman–Crippen MR) is 246 cm³/mol. The molecule has 0 aliphatic carbocycles. The highest BCUT2D eigenvalue weighted by atomic mass is 19.3. The van der Waals surface area contributed by atoms with Crippen LogP contribution in [0.5, 0.6) is 11.5 Å². The zero-order valence-corrected chi connectivity index (χ0v) is 37.9. The maximum absolute atomic E-state index is 13.4. The second kappa shape index (κ2) is 29.6. The molecule has 0 bridgehead atoms. The SMILES string of the molecule is C.CC.Fc1ccc(C(COc2ccccc2)Cc2ncc(-c3nn[nH]n3)cn2)cc1.Fc1ccc(C(COc2ccccc2)Cc2ncc(-c3nnc(C(F)F)o3)cn2)cc1.O=C(OC(=O)C(F)F)C(F)F. The van der Waals surface area contributed by atoms with Crippen molar-refractivity contribution in [3.63, 3.8) is 0 Å². The number of aromatic amines is 1. The van der Waals surface area contributed by atoms with Crippen LogP contribution < -0.4 is 9.47 Å². The van der Waals surface area contributed by atoms with E-state index in [2.05, 4.69) is 55.5 Å². The van der Waals surface area contributed by atoms with Crippen molar-refractivity contribution in [2.45, 2.75) is 65.2 Å². The number of halogens is 8. The van der Waals surface area contributed by atoms with E-state index in [1.165, 1.54) is 36.7 Å². The third kappa shape index (κ3) is 18.6. The molecule has 384 valence electrons. The highest BCUT2D eigenvalue weighted by molar-refractivity contribution is 5.88. The van der Waals surface area contributed by atoms with Crippen LogP contribution in [0.25, 0.3) is 22.8 Å². The van der Waals surface area contributed by atoms with Crippen LogP contribution in [0.2, 0.25) is 0 Å². The number of rotatable bonds is 17. The van der Waals surface area contributed by atoms with Crippen LogP contribution in [-0.4, -0.2) is 88.8 Å². The van der Waals surface area contributed by atoms with Crippen molar-refractivity contribution in [1.82, 2.24) is 50.8 Å². The van der Waals surface area contributed by atoms with Crippen LogP contribution >= 0.6 is 0 Å². The Labute approximate surface area is 412 Å². The third-order valence-corrected chi connectivity index (χ3v) is 9.38. The number of H-pyrrole nitrogens is 1. The lowest BCUT2D eigenvalue weighted by molar-refractivity contribution is -0.174. The summed E-state index contributed by atoms with van der Waals surface area (Å²) in [6.07, 6.45) is -2.83. The zero-order valence-electron chi connectivity index (χ0n) is 37.9. The van der Waals surface area contributed by atoms with Gasteiger partial charge in [-0.25, -0.2) is 38.3 Å². The van der Waals surface area contributed by atoms with Crippen LogP contribution in [0.1, 0.15) is 68.2 Å². The summed E-state index contributed by atoms with van der Waals surface area (Å²) in [6, 6.07) is 31.5. The van der Waals surface area contributed by atoms with Crippen molar-refractivity contribution in [2.24, 2.45) is 0 Å². The molecule has 0 fully saturated rings. The van der Waals surface area contributed by atoms with E-state index in [0.717, 1.165) is 22.6 Å². The second-order valence-corrected chi connectivity index (χ2v) is 14.3. The maximum Gasteiger partial charge on any atom is 0.381 e. The van der Waals surface area contributed by atoms with E-state index >= 15 is 0 Å². The summed E-state index contributed by atoms with van der Waals surface area (Å²) in [7, 11) is 0. The molecule has 0 aliphatic heterocycles. The Bertz CT molecular complexity index is 2790. The Morgan fingerprint density at radius 1 is 0.575 bits per heavy atom. The minimum absolute atomic E-state index is 0. The van der Waals surface area contributed by atoms with Crippen molar-refractivity contribution in [1.29, 1.82) is 0 Å². The Kier molecular flexibility index (Phi) is 23.1. The minimum Gasteiger partial charge on any atom is -0.493 e. The molecule has 0 saturated carbocycles. The largest absolute Gasteiger partial charge is 0.493 e. The van der Waals surface area contributed by atoms with Gasteiger partial charge < -0.3 is 18.6 Å². The third-order valence-electron chi connectivity index (χ3n) is 9.38. The number of nitrogens with zero attached hydrogens (tertiary/aromatic N) is 9. The first-order valence-corrected chi connectivity index (χ1v) is 21.5. The Morgan fingerprint density at radius 2 is 1.00 bits per heavy atom. The van der Waals surface area contributed by atoms with E-state index in [1.807, 2.05) is 74.5 Å². The van der Waals surface area contributed by atoms with Gasteiger partial charge in [0.1, 0.15) is 34.8 Å². The van der Waals surface area contributed by atoms with Gasteiger partial charge in [0.2, 0.25) is 5.82 Å². The fourth-order valence-corrected chi connectivity index (χ4v) is 5.94. The first kappa shape index (κ1) is 57.0. The fourth-order valence-electron chi connectivity index (χ4n) is 5.94. The maximum atomic E-state index is 13.4. The van der Waals surface area contributed by atoms with Gasteiger partial charge in [-0.1, -0.05) is 81.9 Å². The molecule has 2 unspecified atom stereocenters. The molecular formula is C49H46F8N10O6. The Morgan fingerprint density at radius 3 is 1.37 bits per heavy atom. The van der Waals surface area contributed by atoms with Gasteiger partial charge in [0.25, 0.3) is 11.8 Å². The van der Waals surface area contributed by atoms with Gasteiger partial charge in [-0.05, 0) is 64.9 Å². The number of hydrogen-bond donors (Lipinski definition) is 1. The molecule has 4 aromatic carbocycles. The molecule has 0 radical (unpaired) electrons. The van der Waals surface area contributed by atoms with E-state index in [1.54, 1.807) is 36.7 Å². The summed E-state index contributed by atoms with van der Waals surface area (Å²) in [4.78, 5) is 36.9. The van der Waals surface area contributed by atoms with E-state index < -0.39 is 37.1 Å². The summed E-state index contributed by atoms with van der Waals surface area (Å²) >= 11 is 0. The standard InChI is InChI=1S/C22H17F3N4O2.C20H17FN6O.C4H2F4O3.C2H6.CH4/c23-17-8-6-14(7-9-17)15(13-30-18-4-2-1-3-5-18)10-19-26-11-16(12-27-19)21-28-29-22(31-21)20(24)25;21-17-8-6-14(7-9-17)15(13-28-18-4-2-1-3-5-18)10-19-22-11-16(12-23-19)20-24-26-27-25-20;5-1(6)3(9)11-4(10)2(7)8;1-2;/h1-9,11-12,15,20H,10,13H2;1-9,11-12,15H,10,13H2,(H,24,25,26,27);1-2H;1-2H3;1H4. The molecule has 8 aromatic rings. The number of para-hydroxylation sites is 2. The van der Waals surface area contributed by atoms with Crippen LogP contribution in [0, 0.1) is 11.6 Å². The molecule has 8 rings (SSSR count). The molecule has 2 atom stereocenters. The van der Waals surface area contributed by atoms with Crippen LogP contribution in [0.3, 0.4) is 0 Å². The normalized spacial score (nSPS) is 11.4. The van der Waals surface area contributed by atoms with Crippen molar-refractivity contribution in [2.75, 3.05) is 13.2 Å². The number of hydrogen-bond acceptors (Lipinski definition) is 15. The lowest BCUT2D eigenvalue weighted by atomic mass is 9.96. The van der Waals surface area contributed by atoms with Gasteiger partial charge in [0.15, 0.2) is 0 Å². The molecule has 73 heavy (non-hydrogen) atoms. The van der Waals surface area contributed by atoms with Crippen molar-refractivity contribution in [3.05, 3.63) is 174 Å². The molecule has 0 spiro atoms. The van der Waals surface area contributed by atoms with Gasteiger partial charge in [-0.2, -0.15) is 31.6 Å². The molecule has 4 heterocycles. The Balaban J connectivity index is 0.000000254. The first-order chi connectivity index (χ1) is 34.8. The number of benzene rings is 4. The summed E-state index contributed by atoms with van der Waals surface area (Å²) in [6.45, 7) is 4.76. The van der Waals surface area contributed by atoms with Crippen LogP contribution in [0.4, 0.5) is 35.1 Å². The minimum atomic E-state index is -3.57. The predicted octanol–water partition coefficient (Wildman–Crippen LogP) is 10.5. The number of tetrazole rings is 1. The van der Waals surface area contributed by atoms with Crippen molar-refractivity contribution >= 4 is 11.9 Å². The van der Waals surface area contributed by atoms with Gasteiger partial charge >= 0.3 is 31.2 Å². The highest BCUT2D eigenvalue weighted by Gasteiger charge is 2.26. The lowest BCUT2D eigenvalue weighted by Crippen LogP contribution is -2.23. The quantitative estimate of drug-likeness (QED) is 0.0511. The molecule has 0 saturated heterocycles. The number of alkyl halides is 6. The summed E-state index contributed by atoms with van der Waals surface area (Å²) in [5.74, 6) is -3.04. The van der Waals surface area contributed by atoms with Crippen LogP contribution in [-0.2, 0) is 27.2 Å². The molecule has 0 aliphatic rings. The van der Waals surface area contributed by atoms with Crippen molar-refractivity contribution < 1.29 is 63.3 Å². The molecule has 1 N–H and O–H groups in total. The fraction of sp³-hybridized carbons (Fsp3) is 0.245. The number of ether oxygens (including phenoxy) is 3. The number of nitrogens with one attached hydrogen (secondary N) is 1.